The third kappa shape index (κ3) is 3.58. The van der Waals surface area contributed by atoms with Gasteiger partial charge in [-0.25, -0.2) is 0 Å². The first kappa shape index (κ1) is 21.7. The highest BCUT2D eigenvalue weighted by molar-refractivity contribution is 6.31. The molecule has 1 saturated heterocycles. The van der Waals surface area contributed by atoms with Crippen LogP contribution in [-0.4, -0.2) is 42.1 Å². The number of likely N-dealkylation sites (tertiary alicyclic amines) is 1. The van der Waals surface area contributed by atoms with E-state index in [1.165, 1.54) is 0 Å². The molecule has 2 aliphatic heterocycles. The number of nitrogens with one attached hydrogen (secondary N) is 1. The molecule has 0 radical (unpaired) electrons. The second-order valence-electron chi connectivity index (χ2n) is 8.94. The summed E-state index contributed by atoms with van der Waals surface area (Å²) >= 11 is 6.37. The Bertz CT molecular complexity index is 1030. The van der Waals surface area contributed by atoms with Crippen LogP contribution in [-0.2, 0) is 19.9 Å². The standard InChI is InChI=1S/C24H27ClN2O4/c1-23(2,3)31-21(28)19-9-7-13-27(19)24(16-8-5-6-10-20(16)30-4)17-14-15(25)11-12-18(17)26-22(24)29/h5-6,8,10-12,14,19H,7,9,13H2,1-4H3,(H,26,29)/t19-,24?/m0/s1. The predicted molar refractivity (Wildman–Crippen MR) is 119 cm³/mol. The topological polar surface area (TPSA) is 67.9 Å². The highest BCUT2D eigenvalue weighted by Gasteiger charge is 2.58. The summed E-state index contributed by atoms with van der Waals surface area (Å²) < 4.78 is 11.4. The maximum absolute atomic E-state index is 13.8. The molecule has 0 saturated carbocycles. The summed E-state index contributed by atoms with van der Waals surface area (Å²) in [5.74, 6) is 0.00703. The van der Waals surface area contributed by atoms with Gasteiger partial charge in [-0.2, -0.15) is 0 Å². The summed E-state index contributed by atoms with van der Waals surface area (Å²) in [6, 6.07) is 12.2. The van der Waals surface area contributed by atoms with Crippen molar-refractivity contribution in [2.24, 2.45) is 0 Å². The van der Waals surface area contributed by atoms with Gasteiger partial charge < -0.3 is 14.8 Å². The fourth-order valence-electron chi connectivity index (χ4n) is 4.69. The number of benzene rings is 2. The van der Waals surface area contributed by atoms with Crippen molar-refractivity contribution in [3.8, 4) is 5.75 Å². The summed E-state index contributed by atoms with van der Waals surface area (Å²) in [7, 11) is 1.58. The van der Waals surface area contributed by atoms with E-state index in [0.29, 0.717) is 40.6 Å². The molecule has 0 aliphatic carbocycles. The summed E-state index contributed by atoms with van der Waals surface area (Å²) in [5.41, 5.74) is 0.180. The molecule has 4 rings (SSSR count). The number of anilines is 1. The number of ether oxygens (including phenoxy) is 2. The molecule has 2 heterocycles. The van der Waals surface area contributed by atoms with Crippen LogP contribution in [0.3, 0.4) is 0 Å². The zero-order valence-electron chi connectivity index (χ0n) is 18.2. The minimum Gasteiger partial charge on any atom is -0.496 e. The number of nitrogens with zero attached hydrogens (tertiary/aromatic N) is 1. The number of para-hydroxylation sites is 1. The smallest absolute Gasteiger partial charge is 0.323 e. The second kappa shape index (κ2) is 7.84. The van der Waals surface area contributed by atoms with Crippen molar-refractivity contribution in [1.82, 2.24) is 4.90 Å². The van der Waals surface area contributed by atoms with Crippen LogP contribution in [0, 0.1) is 0 Å². The fourth-order valence-corrected chi connectivity index (χ4v) is 4.87. The zero-order valence-corrected chi connectivity index (χ0v) is 19.0. The molecule has 1 fully saturated rings. The van der Waals surface area contributed by atoms with Crippen molar-refractivity contribution < 1.29 is 19.1 Å². The minimum absolute atomic E-state index is 0.232. The third-order valence-electron chi connectivity index (χ3n) is 5.81. The average Bonchev–Trinajstić information content (AvgIpc) is 3.29. The molecular formula is C24H27ClN2O4. The lowest BCUT2D eigenvalue weighted by atomic mass is 9.81. The highest BCUT2D eigenvalue weighted by atomic mass is 35.5. The van der Waals surface area contributed by atoms with Gasteiger partial charge in [-0.15, -0.1) is 0 Å². The normalized spacial score (nSPS) is 23.4. The van der Waals surface area contributed by atoms with Crippen molar-refractivity contribution in [3.05, 3.63) is 58.6 Å². The molecule has 6 nitrogen and oxygen atoms in total. The van der Waals surface area contributed by atoms with Crippen molar-refractivity contribution >= 4 is 29.2 Å². The van der Waals surface area contributed by atoms with E-state index < -0.39 is 17.2 Å². The van der Waals surface area contributed by atoms with Gasteiger partial charge in [0.05, 0.1) is 7.11 Å². The Labute approximate surface area is 187 Å². The van der Waals surface area contributed by atoms with Crippen LogP contribution in [0.4, 0.5) is 5.69 Å². The molecule has 2 aromatic rings. The van der Waals surface area contributed by atoms with Crippen molar-refractivity contribution in [1.29, 1.82) is 0 Å². The van der Waals surface area contributed by atoms with Gasteiger partial charge in [-0.3, -0.25) is 14.5 Å². The number of methoxy groups -OCH3 is 1. The van der Waals surface area contributed by atoms with Crippen molar-refractivity contribution in [2.45, 2.75) is 50.8 Å². The van der Waals surface area contributed by atoms with Crippen LogP contribution in [0.15, 0.2) is 42.5 Å². The maximum Gasteiger partial charge on any atom is 0.323 e. The number of halogens is 1. The fraction of sp³-hybridized carbons (Fsp3) is 0.417. The monoisotopic (exact) mass is 442 g/mol. The summed E-state index contributed by atoms with van der Waals surface area (Å²) in [6.07, 6.45) is 1.37. The molecule has 0 bridgehead atoms. The van der Waals surface area contributed by atoms with Gasteiger partial charge in [0.2, 0.25) is 0 Å². The largest absolute Gasteiger partial charge is 0.496 e. The number of amides is 1. The van der Waals surface area contributed by atoms with E-state index in [9.17, 15) is 9.59 Å². The van der Waals surface area contributed by atoms with Gasteiger partial charge in [0, 0.05) is 28.4 Å². The Morgan fingerprint density at radius 1 is 1.19 bits per heavy atom. The molecule has 164 valence electrons. The molecule has 0 spiro atoms. The molecule has 1 unspecified atom stereocenters. The van der Waals surface area contributed by atoms with Crippen molar-refractivity contribution in [2.75, 3.05) is 19.0 Å². The molecule has 1 N–H and O–H groups in total. The SMILES string of the molecule is COc1ccccc1C1(N2CCC[C@H]2C(=O)OC(C)(C)C)C(=O)Nc2ccc(Cl)cc21. The molecular weight excluding hydrogens is 416 g/mol. The first-order valence-electron chi connectivity index (χ1n) is 10.4. The van der Waals surface area contributed by atoms with E-state index in [-0.39, 0.29) is 11.9 Å². The zero-order chi connectivity index (χ0) is 22.4. The molecule has 7 heteroatoms. The van der Waals surface area contributed by atoms with Gasteiger partial charge in [-0.05, 0) is 57.9 Å². The number of carbonyl (C=O) groups excluding carboxylic acids is 2. The third-order valence-corrected chi connectivity index (χ3v) is 6.04. The Kier molecular flexibility index (Phi) is 5.48. The minimum atomic E-state index is -1.26. The van der Waals surface area contributed by atoms with E-state index >= 15 is 0 Å². The van der Waals surface area contributed by atoms with Gasteiger partial charge in [0.1, 0.15) is 17.4 Å². The Hall–Kier alpha value is -2.57. The number of carbonyl (C=O) groups is 2. The van der Waals surface area contributed by atoms with Gasteiger partial charge in [0.15, 0.2) is 5.54 Å². The Morgan fingerprint density at radius 3 is 2.65 bits per heavy atom. The maximum atomic E-state index is 13.8. The second-order valence-corrected chi connectivity index (χ2v) is 9.38. The molecule has 2 atom stereocenters. The van der Waals surface area contributed by atoms with Gasteiger partial charge >= 0.3 is 5.97 Å². The lowest BCUT2D eigenvalue weighted by Gasteiger charge is -2.41. The lowest BCUT2D eigenvalue weighted by molar-refractivity contribution is -0.162. The summed E-state index contributed by atoms with van der Waals surface area (Å²) in [5, 5.41) is 3.52. The van der Waals surface area contributed by atoms with Crippen LogP contribution in [0.5, 0.6) is 5.75 Å². The quantitative estimate of drug-likeness (QED) is 0.713. The number of rotatable bonds is 4. The summed E-state index contributed by atoms with van der Waals surface area (Å²) in [6.45, 7) is 6.09. The van der Waals surface area contributed by atoms with E-state index in [1.807, 2.05) is 49.9 Å². The summed E-state index contributed by atoms with van der Waals surface area (Å²) in [4.78, 5) is 28.9. The van der Waals surface area contributed by atoms with Crippen LogP contribution in [0.25, 0.3) is 0 Å². The molecule has 0 aromatic heterocycles. The first-order valence-corrected chi connectivity index (χ1v) is 10.8. The van der Waals surface area contributed by atoms with Gasteiger partial charge in [0.25, 0.3) is 5.91 Å². The van der Waals surface area contributed by atoms with E-state index in [2.05, 4.69) is 5.32 Å². The molecule has 2 aromatic carbocycles. The Balaban J connectivity index is 1.94. The van der Waals surface area contributed by atoms with E-state index in [0.717, 1.165) is 6.42 Å². The average molecular weight is 443 g/mol. The number of hydrogen-bond donors (Lipinski definition) is 1. The number of hydrogen-bond acceptors (Lipinski definition) is 5. The highest BCUT2D eigenvalue weighted by Crippen LogP contribution is 2.51. The number of esters is 1. The molecule has 31 heavy (non-hydrogen) atoms. The van der Waals surface area contributed by atoms with E-state index in [1.54, 1.807) is 25.3 Å². The van der Waals surface area contributed by atoms with Crippen LogP contribution in [0.2, 0.25) is 5.02 Å². The van der Waals surface area contributed by atoms with Crippen LogP contribution in [0.1, 0.15) is 44.7 Å². The Morgan fingerprint density at radius 2 is 1.94 bits per heavy atom. The van der Waals surface area contributed by atoms with Crippen LogP contribution < -0.4 is 10.1 Å². The molecule has 1 amide bonds. The molecule has 2 aliphatic rings. The van der Waals surface area contributed by atoms with E-state index in [4.69, 9.17) is 21.1 Å². The lowest BCUT2D eigenvalue weighted by Crippen LogP contribution is -2.56. The van der Waals surface area contributed by atoms with Crippen LogP contribution >= 0.6 is 11.6 Å². The first-order chi connectivity index (χ1) is 14.7. The predicted octanol–water partition coefficient (Wildman–Crippen LogP) is 4.35. The van der Waals surface area contributed by atoms with Crippen molar-refractivity contribution in [3.63, 3.8) is 0 Å². The van der Waals surface area contributed by atoms with Gasteiger partial charge in [-0.1, -0.05) is 29.8 Å². The number of fused-ring (bicyclic) bond motifs is 1.